The van der Waals surface area contributed by atoms with Crippen LogP contribution in [-0.4, -0.2) is 51.6 Å². The molecule has 7 heteroatoms. The van der Waals surface area contributed by atoms with E-state index in [-0.39, 0.29) is 23.9 Å². The molecule has 1 aromatic heterocycles. The Hall–Kier alpha value is -1.89. The van der Waals surface area contributed by atoms with E-state index in [0.717, 1.165) is 31.6 Å². The zero-order valence-corrected chi connectivity index (χ0v) is 13.9. The van der Waals surface area contributed by atoms with Gasteiger partial charge < -0.3 is 9.84 Å². The molecule has 2 saturated heterocycles. The van der Waals surface area contributed by atoms with Crippen molar-refractivity contribution in [3.05, 3.63) is 18.0 Å². The monoisotopic (exact) mass is 320 g/mol. The lowest BCUT2D eigenvalue weighted by Crippen LogP contribution is -2.56. The highest BCUT2D eigenvalue weighted by atomic mass is 16.5. The van der Waals surface area contributed by atoms with E-state index < -0.39 is 5.54 Å². The molecule has 2 aliphatic rings. The van der Waals surface area contributed by atoms with Gasteiger partial charge in [0.05, 0.1) is 5.69 Å². The number of nitrogens with zero attached hydrogens (tertiary/aromatic N) is 3. The smallest absolute Gasteiger partial charge is 0.325 e. The average Bonchev–Trinajstić information content (AvgIpc) is 3.07. The maximum absolute atomic E-state index is 12.8. The number of piperidine rings is 1. The van der Waals surface area contributed by atoms with E-state index in [2.05, 4.69) is 15.4 Å². The van der Waals surface area contributed by atoms with E-state index in [1.807, 2.05) is 26.8 Å². The van der Waals surface area contributed by atoms with Crippen molar-refractivity contribution in [1.82, 2.24) is 20.3 Å². The van der Waals surface area contributed by atoms with E-state index in [1.165, 1.54) is 4.90 Å². The molecule has 0 radical (unpaired) electrons. The molecule has 0 unspecified atom stereocenters. The molecule has 3 amide bonds. The molecular formula is C16H24N4O3. The fourth-order valence-electron chi connectivity index (χ4n) is 3.64. The summed E-state index contributed by atoms with van der Waals surface area (Å²) in [7, 11) is 0. The van der Waals surface area contributed by atoms with Crippen molar-refractivity contribution in [2.45, 2.75) is 51.7 Å². The van der Waals surface area contributed by atoms with Gasteiger partial charge in [0.2, 0.25) is 0 Å². The van der Waals surface area contributed by atoms with Crippen molar-refractivity contribution < 1.29 is 14.1 Å². The summed E-state index contributed by atoms with van der Waals surface area (Å²) >= 11 is 0. The third kappa shape index (κ3) is 2.85. The van der Waals surface area contributed by atoms with Crippen LogP contribution in [0, 0.1) is 5.92 Å². The second-order valence-corrected chi connectivity index (χ2v) is 6.97. The van der Waals surface area contributed by atoms with Gasteiger partial charge in [0.25, 0.3) is 5.91 Å². The summed E-state index contributed by atoms with van der Waals surface area (Å²) in [6, 6.07) is 1.45. The highest BCUT2D eigenvalue weighted by Gasteiger charge is 2.53. The first-order valence-electron chi connectivity index (χ1n) is 8.19. The lowest BCUT2D eigenvalue weighted by Gasteiger charge is -2.39. The molecule has 0 bridgehead atoms. The van der Waals surface area contributed by atoms with Gasteiger partial charge in [0.1, 0.15) is 11.8 Å². The van der Waals surface area contributed by atoms with Crippen molar-refractivity contribution >= 4 is 11.9 Å². The standard InChI is InChI=1S/C16H24N4O3/c1-11(2)20-14(21)16(3,17-15(20)22)12-5-4-7-19(9-12)10-13-6-8-23-18-13/h6,8,11-12H,4-5,7,9-10H2,1-3H3,(H,17,22)/t12-,16-/m1/s1. The first-order valence-corrected chi connectivity index (χ1v) is 8.19. The van der Waals surface area contributed by atoms with Crippen molar-refractivity contribution in [1.29, 1.82) is 0 Å². The summed E-state index contributed by atoms with van der Waals surface area (Å²) in [5.74, 6) is -0.00543. The number of nitrogens with one attached hydrogen (secondary N) is 1. The van der Waals surface area contributed by atoms with Crippen LogP contribution in [0.15, 0.2) is 16.9 Å². The number of aromatic nitrogens is 1. The highest BCUT2D eigenvalue weighted by molar-refractivity contribution is 6.07. The molecule has 126 valence electrons. The molecule has 0 aliphatic carbocycles. The Bertz CT molecular complexity index is 586. The zero-order valence-electron chi connectivity index (χ0n) is 13.9. The van der Waals surface area contributed by atoms with E-state index in [1.54, 1.807) is 6.26 Å². The predicted octanol–water partition coefficient (Wildman–Crippen LogP) is 1.61. The minimum Gasteiger partial charge on any atom is -0.364 e. The minimum absolute atomic E-state index is 0.100. The molecule has 0 saturated carbocycles. The molecule has 1 N–H and O–H groups in total. The molecule has 7 nitrogen and oxygen atoms in total. The van der Waals surface area contributed by atoms with Crippen molar-refractivity contribution in [2.75, 3.05) is 13.1 Å². The Morgan fingerprint density at radius 3 is 2.87 bits per heavy atom. The molecule has 1 aromatic rings. The van der Waals surface area contributed by atoms with Gasteiger partial charge in [-0.3, -0.25) is 14.6 Å². The van der Waals surface area contributed by atoms with Crippen LogP contribution in [0.2, 0.25) is 0 Å². The number of hydrogen-bond acceptors (Lipinski definition) is 5. The Kier molecular flexibility index (Phi) is 4.14. The number of urea groups is 1. The molecule has 3 rings (SSSR count). The maximum atomic E-state index is 12.8. The lowest BCUT2D eigenvalue weighted by atomic mass is 9.79. The van der Waals surface area contributed by atoms with Crippen molar-refractivity contribution in [3.63, 3.8) is 0 Å². The van der Waals surface area contributed by atoms with Crippen LogP contribution in [-0.2, 0) is 11.3 Å². The predicted molar refractivity (Wildman–Crippen MR) is 83.4 cm³/mol. The van der Waals surface area contributed by atoms with Gasteiger partial charge in [0, 0.05) is 31.1 Å². The molecule has 2 atom stereocenters. The molecule has 0 spiro atoms. The molecular weight excluding hydrogens is 296 g/mol. The van der Waals surface area contributed by atoms with Gasteiger partial charge in [-0.25, -0.2) is 4.79 Å². The number of hydrogen-bond donors (Lipinski definition) is 1. The number of likely N-dealkylation sites (tertiary alicyclic amines) is 1. The minimum atomic E-state index is -0.816. The Balaban J connectivity index is 1.73. The average molecular weight is 320 g/mol. The van der Waals surface area contributed by atoms with Crippen LogP contribution in [0.25, 0.3) is 0 Å². The van der Waals surface area contributed by atoms with Crippen LogP contribution >= 0.6 is 0 Å². The second kappa shape index (κ2) is 5.96. The van der Waals surface area contributed by atoms with Gasteiger partial charge in [-0.05, 0) is 40.2 Å². The quantitative estimate of drug-likeness (QED) is 0.853. The van der Waals surface area contributed by atoms with Gasteiger partial charge in [-0.1, -0.05) is 5.16 Å². The molecule has 23 heavy (non-hydrogen) atoms. The third-order valence-electron chi connectivity index (χ3n) is 4.96. The molecule has 2 aliphatic heterocycles. The summed E-state index contributed by atoms with van der Waals surface area (Å²) < 4.78 is 4.88. The van der Waals surface area contributed by atoms with E-state index >= 15 is 0 Å². The van der Waals surface area contributed by atoms with Crippen LogP contribution in [0.1, 0.15) is 39.3 Å². The normalized spacial score (nSPS) is 29.4. The summed E-state index contributed by atoms with van der Waals surface area (Å²) in [6.45, 7) is 8.03. The second-order valence-electron chi connectivity index (χ2n) is 6.97. The largest absolute Gasteiger partial charge is 0.364 e. The Labute approximate surface area is 136 Å². The fraction of sp³-hybridized carbons (Fsp3) is 0.688. The fourth-order valence-corrected chi connectivity index (χ4v) is 3.64. The van der Waals surface area contributed by atoms with Gasteiger partial charge in [-0.15, -0.1) is 0 Å². The van der Waals surface area contributed by atoms with Crippen LogP contribution in [0.3, 0.4) is 0 Å². The summed E-state index contributed by atoms with van der Waals surface area (Å²) in [5.41, 5.74) is 0.0746. The van der Waals surface area contributed by atoms with Gasteiger partial charge in [0.15, 0.2) is 0 Å². The summed E-state index contributed by atoms with van der Waals surface area (Å²) in [5, 5.41) is 6.89. The number of carbonyl (C=O) groups excluding carboxylic acids is 2. The van der Waals surface area contributed by atoms with E-state index in [0.29, 0.717) is 6.54 Å². The first-order chi connectivity index (χ1) is 10.9. The van der Waals surface area contributed by atoms with E-state index in [4.69, 9.17) is 4.52 Å². The maximum Gasteiger partial charge on any atom is 0.325 e. The Morgan fingerprint density at radius 1 is 1.48 bits per heavy atom. The van der Waals surface area contributed by atoms with Crippen LogP contribution in [0.4, 0.5) is 4.79 Å². The zero-order chi connectivity index (χ0) is 16.6. The topological polar surface area (TPSA) is 78.7 Å². The first kappa shape index (κ1) is 16.0. The van der Waals surface area contributed by atoms with Crippen molar-refractivity contribution in [2.24, 2.45) is 5.92 Å². The molecule has 3 heterocycles. The van der Waals surface area contributed by atoms with Crippen molar-refractivity contribution in [3.8, 4) is 0 Å². The van der Waals surface area contributed by atoms with Gasteiger partial charge in [-0.2, -0.15) is 0 Å². The van der Waals surface area contributed by atoms with Crippen LogP contribution in [0.5, 0.6) is 0 Å². The number of amides is 3. The lowest BCUT2D eigenvalue weighted by molar-refractivity contribution is -0.134. The summed E-state index contributed by atoms with van der Waals surface area (Å²) in [4.78, 5) is 28.6. The number of imide groups is 1. The Morgan fingerprint density at radius 2 is 2.26 bits per heavy atom. The van der Waals surface area contributed by atoms with E-state index in [9.17, 15) is 9.59 Å². The van der Waals surface area contributed by atoms with Gasteiger partial charge >= 0.3 is 6.03 Å². The number of rotatable bonds is 4. The molecule has 0 aromatic carbocycles. The number of carbonyl (C=O) groups is 2. The van der Waals surface area contributed by atoms with Crippen LogP contribution < -0.4 is 5.32 Å². The highest BCUT2D eigenvalue weighted by Crippen LogP contribution is 2.33. The molecule has 2 fully saturated rings. The third-order valence-corrected chi connectivity index (χ3v) is 4.96. The summed E-state index contributed by atoms with van der Waals surface area (Å²) in [6.07, 6.45) is 3.51. The SMILES string of the molecule is CC(C)N1C(=O)N[C@](C)([C@@H]2CCCN(Cc3ccon3)C2)C1=O.